The molecule has 90 valence electrons. The fourth-order valence-electron chi connectivity index (χ4n) is 3.46. The SMILES string of the molecule is N#CCN(C1CCCCC1)C1CCCCC1. The first-order valence-corrected chi connectivity index (χ1v) is 7.04. The Balaban J connectivity index is 1.94. The van der Waals surface area contributed by atoms with Crippen LogP contribution in [0.4, 0.5) is 0 Å². The summed E-state index contributed by atoms with van der Waals surface area (Å²) >= 11 is 0. The van der Waals surface area contributed by atoms with E-state index in [0.29, 0.717) is 6.54 Å². The van der Waals surface area contributed by atoms with Gasteiger partial charge in [-0.2, -0.15) is 5.26 Å². The Bertz CT molecular complexity index is 214. The molecule has 0 saturated heterocycles. The van der Waals surface area contributed by atoms with E-state index in [-0.39, 0.29) is 0 Å². The smallest absolute Gasteiger partial charge is 0.0870 e. The molecule has 0 radical (unpaired) electrons. The number of hydrogen-bond acceptors (Lipinski definition) is 2. The van der Waals surface area contributed by atoms with Crippen molar-refractivity contribution in [1.29, 1.82) is 5.26 Å². The topological polar surface area (TPSA) is 27.0 Å². The number of nitriles is 1. The lowest BCUT2D eigenvalue weighted by Crippen LogP contribution is -2.45. The molecule has 0 aromatic heterocycles. The van der Waals surface area contributed by atoms with Crippen LogP contribution in [0.25, 0.3) is 0 Å². The minimum atomic E-state index is 0.662. The molecule has 0 unspecified atom stereocenters. The molecule has 2 rings (SSSR count). The Hall–Kier alpha value is -0.550. The van der Waals surface area contributed by atoms with E-state index in [1.165, 1.54) is 64.2 Å². The average Bonchev–Trinajstić information content (AvgIpc) is 2.38. The van der Waals surface area contributed by atoms with Gasteiger partial charge >= 0.3 is 0 Å². The van der Waals surface area contributed by atoms with Gasteiger partial charge in [-0.05, 0) is 25.7 Å². The van der Waals surface area contributed by atoms with Crippen molar-refractivity contribution in [3.05, 3.63) is 0 Å². The lowest BCUT2D eigenvalue weighted by atomic mass is 9.89. The van der Waals surface area contributed by atoms with Crippen LogP contribution in [0.5, 0.6) is 0 Å². The maximum Gasteiger partial charge on any atom is 0.0870 e. The first kappa shape index (κ1) is 11.9. The lowest BCUT2D eigenvalue weighted by Gasteiger charge is -2.40. The second-order valence-electron chi connectivity index (χ2n) is 5.41. The first-order chi connectivity index (χ1) is 7.92. The van der Waals surface area contributed by atoms with Gasteiger partial charge in [-0.3, -0.25) is 4.90 Å². The standard InChI is InChI=1S/C14H24N2/c15-11-12-16(13-7-3-1-4-8-13)14-9-5-2-6-10-14/h13-14H,1-10,12H2. The van der Waals surface area contributed by atoms with Crippen molar-refractivity contribution in [1.82, 2.24) is 4.90 Å². The monoisotopic (exact) mass is 220 g/mol. The molecule has 16 heavy (non-hydrogen) atoms. The van der Waals surface area contributed by atoms with E-state index in [1.807, 2.05) is 0 Å². The normalized spacial score (nSPS) is 24.5. The van der Waals surface area contributed by atoms with Gasteiger partial charge in [-0.15, -0.1) is 0 Å². The molecule has 0 spiro atoms. The fraction of sp³-hybridized carbons (Fsp3) is 0.929. The van der Waals surface area contributed by atoms with E-state index in [0.717, 1.165) is 12.1 Å². The summed E-state index contributed by atoms with van der Waals surface area (Å²) in [5.41, 5.74) is 0. The van der Waals surface area contributed by atoms with E-state index in [4.69, 9.17) is 5.26 Å². The van der Waals surface area contributed by atoms with Crippen molar-refractivity contribution in [2.75, 3.05) is 6.54 Å². The molecule has 0 aromatic carbocycles. The highest BCUT2D eigenvalue weighted by atomic mass is 15.2. The molecule has 0 bridgehead atoms. The minimum absolute atomic E-state index is 0.662. The third-order valence-corrected chi connectivity index (χ3v) is 4.34. The molecule has 0 N–H and O–H groups in total. The quantitative estimate of drug-likeness (QED) is 0.681. The molecule has 0 aliphatic heterocycles. The van der Waals surface area contributed by atoms with Gasteiger partial charge in [0.05, 0.1) is 12.6 Å². The van der Waals surface area contributed by atoms with Crippen molar-refractivity contribution in [3.63, 3.8) is 0 Å². The van der Waals surface area contributed by atoms with Gasteiger partial charge in [0.1, 0.15) is 0 Å². The summed E-state index contributed by atoms with van der Waals surface area (Å²) < 4.78 is 0. The van der Waals surface area contributed by atoms with Crippen LogP contribution >= 0.6 is 0 Å². The highest BCUT2D eigenvalue weighted by molar-refractivity contribution is 4.89. The molecule has 2 fully saturated rings. The van der Waals surface area contributed by atoms with Crippen LogP contribution in [-0.4, -0.2) is 23.5 Å². The van der Waals surface area contributed by atoms with Gasteiger partial charge in [-0.25, -0.2) is 0 Å². The molecule has 2 nitrogen and oxygen atoms in total. The van der Waals surface area contributed by atoms with Gasteiger partial charge in [0.15, 0.2) is 0 Å². The molecule has 2 heteroatoms. The van der Waals surface area contributed by atoms with Crippen LogP contribution < -0.4 is 0 Å². The summed E-state index contributed by atoms with van der Waals surface area (Å²) in [6, 6.07) is 3.83. The fourth-order valence-corrected chi connectivity index (χ4v) is 3.46. The average molecular weight is 220 g/mol. The predicted molar refractivity (Wildman–Crippen MR) is 66.1 cm³/mol. The van der Waals surface area contributed by atoms with Gasteiger partial charge in [0, 0.05) is 12.1 Å². The van der Waals surface area contributed by atoms with E-state index >= 15 is 0 Å². The Morgan fingerprint density at radius 1 is 0.812 bits per heavy atom. The second kappa shape index (κ2) is 6.25. The third-order valence-electron chi connectivity index (χ3n) is 4.34. The largest absolute Gasteiger partial charge is 0.285 e. The minimum Gasteiger partial charge on any atom is -0.285 e. The molecular formula is C14H24N2. The van der Waals surface area contributed by atoms with Crippen LogP contribution in [0.1, 0.15) is 64.2 Å². The summed E-state index contributed by atoms with van der Waals surface area (Å²) in [4.78, 5) is 2.54. The second-order valence-corrected chi connectivity index (χ2v) is 5.41. The molecule has 2 saturated carbocycles. The molecule has 0 amide bonds. The van der Waals surface area contributed by atoms with Crippen molar-refractivity contribution in [3.8, 4) is 6.07 Å². The highest BCUT2D eigenvalue weighted by Crippen LogP contribution is 2.29. The van der Waals surface area contributed by atoms with Crippen LogP contribution in [0.15, 0.2) is 0 Å². The lowest BCUT2D eigenvalue weighted by molar-refractivity contribution is 0.0956. The van der Waals surface area contributed by atoms with E-state index in [2.05, 4.69) is 11.0 Å². The summed E-state index contributed by atoms with van der Waals surface area (Å²) in [7, 11) is 0. The molecular weight excluding hydrogens is 196 g/mol. The van der Waals surface area contributed by atoms with Gasteiger partial charge < -0.3 is 0 Å². The summed E-state index contributed by atoms with van der Waals surface area (Å²) in [6.07, 6.45) is 13.6. The maximum atomic E-state index is 9.01. The summed E-state index contributed by atoms with van der Waals surface area (Å²) in [6.45, 7) is 0.662. The first-order valence-electron chi connectivity index (χ1n) is 7.04. The van der Waals surface area contributed by atoms with E-state index < -0.39 is 0 Å². The Morgan fingerprint density at radius 3 is 1.62 bits per heavy atom. The van der Waals surface area contributed by atoms with Crippen molar-refractivity contribution < 1.29 is 0 Å². The number of nitrogens with zero attached hydrogens (tertiary/aromatic N) is 2. The van der Waals surface area contributed by atoms with Crippen LogP contribution in [0.2, 0.25) is 0 Å². The number of rotatable bonds is 3. The zero-order valence-corrected chi connectivity index (χ0v) is 10.3. The molecule has 2 aliphatic rings. The highest BCUT2D eigenvalue weighted by Gasteiger charge is 2.28. The molecule has 0 heterocycles. The van der Waals surface area contributed by atoms with Crippen molar-refractivity contribution >= 4 is 0 Å². The van der Waals surface area contributed by atoms with Gasteiger partial charge in [0.2, 0.25) is 0 Å². The zero-order valence-electron chi connectivity index (χ0n) is 10.3. The van der Waals surface area contributed by atoms with Crippen LogP contribution in [-0.2, 0) is 0 Å². The summed E-state index contributed by atoms with van der Waals surface area (Å²) in [5.74, 6) is 0. The Kier molecular flexibility index (Phi) is 4.66. The molecule has 0 atom stereocenters. The van der Waals surface area contributed by atoms with Gasteiger partial charge in [0.25, 0.3) is 0 Å². The Labute approximate surface area is 99.6 Å². The van der Waals surface area contributed by atoms with Crippen LogP contribution in [0, 0.1) is 11.3 Å². The molecule has 0 aromatic rings. The van der Waals surface area contributed by atoms with Crippen molar-refractivity contribution in [2.24, 2.45) is 0 Å². The predicted octanol–water partition coefficient (Wildman–Crippen LogP) is 3.48. The van der Waals surface area contributed by atoms with Crippen LogP contribution in [0.3, 0.4) is 0 Å². The third kappa shape index (κ3) is 2.98. The summed E-state index contributed by atoms with van der Waals surface area (Å²) in [5, 5.41) is 9.01. The maximum absolute atomic E-state index is 9.01. The van der Waals surface area contributed by atoms with E-state index in [1.54, 1.807) is 0 Å². The van der Waals surface area contributed by atoms with Crippen molar-refractivity contribution in [2.45, 2.75) is 76.3 Å². The zero-order chi connectivity index (χ0) is 11.2. The number of hydrogen-bond donors (Lipinski definition) is 0. The van der Waals surface area contributed by atoms with Gasteiger partial charge in [-0.1, -0.05) is 38.5 Å². The Morgan fingerprint density at radius 2 is 1.25 bits per heavy atom. The molecule has 2 aliphatic carbocycles. The van der Waals surface area contributed by atoms with E-state index in [9.17, 15) is 0 Å².